The summed E-state index contributed by atoms with van der Waals surface area (Å²) in [5.41, 5.74) is 11.4. The lowest BCUT2D eigenvalue weighted by molar-refractivity contribution is 0.812. The maximum absolute atomic E-state index is 9.41. The summed E-state index contributed by atoms with van der Waals surface area (Å²) in [7, 11) is 0. The molecule has 0 saturated heterocycles. The Morgan fingerprint density at radius 1 is 0.714 bits per heavy atom. The smallest absolute Gasteiger partial charge is 0.147 e. The molecule has 0 aliphatic heterocycles. The van der Waals surface area contributed by atoms with Gasteiger partial charge >= 0.3 is 0 Å². The normalized spacial score (nSPS) is 12.6. The van der Waals surface area contributed by atoms with Crippen LogP contribution in [0, 0.1) is 13.8 Å². The number of rotatable bonds is 5. The van der Waals surface area contributed by atoms with E-state index in [9.17, 15) is 1.37 Å². The predicted octanol–water partition coefficient (Wildman–Crippen LogP) is 11.6. The molecule has 0 radical (unpaired) electrons. The molecule has 208 valence electrons. The van der Waals surface area contributed by atoms with Gasteiger partial charge in [-0.25, -0.2) is 4.98 Å². The minimum Gasteiger partial charge on any atom is -0.292 e. The van der Waals surface area contributed by atoms with E-state index in [0.717, 1.165) is 44.8 Å². The Bertz CT molecular complexity index is 2160. The molecule has 0 fully saturated rings. The van der Waals surface area contributed by atoms with Crippen molar-refractivity contribution in [3.8, 4) is 28.2 Å². The van der Waals surface area contributed by atoms with Crippen molar-refractivity contribution in [1.82, 2.24) is 9.55 Å². The zero-order valence-corrected chi connectivity index (χ0v) is 25.9. The Morgan fingerprint density at radius 3 is 2.19 bits per heavy atom. The molecule has 2 nitrogen and oxygen atoms in total. The summed E-state index contributed by atoms with van der Waals surface area (Å²) in [5, 5.41) is 2.57. The van der Waals surface area contributed by atoms with Crippen LogP contribution in [0.15, 0.2) is 97.1 Å². The summed E-state index contributed by atoms with van der Waals surface area (Å²) in [5.74, 6) is 0.317. The molecule has 0 spiro atoms. The number of hydrogen-bond donors (Lipinski definition) is 0. The third-order valence-corrected chi connectivity index (χ3v) is 9.75. The lowest BCUT2D eigenvalue weighted by Crippen LogP contribution is -2.09. The van der Waals surface area contributed by atoms with Crippen molar-refractivity contribution in [3.63, 3.8) is 0 Å². The molecule has 0 aliphatic rings. The molecule has 2 heterocycles. The van der Waals surface area contributed by atoms with E-state index in [4.69, 9.17) is 4.98 Å². The van der Waals surface area contributed by atoms with Crippen LogP contribution in [0.1, 0.15) is 63.1 Å². The summed E-state index contributed by atoms with van der Waals surface area (Å²) in [6.45, 7) is 12.9. The first-order valence-electron chi connectivity index (χ1n) is 15.3. The number of nitrogens with zero attached hydrogens (tertiary/aromatic N) is 2. The number of benzene rings is 5. The van der Waals surface area contributed by atoms with Gasteiger partial charge in [0.25, 0.3) is 0 Å². The topological polar surface area (TPSA) is 17.8 Å². The summed E-state index contributed by atoms with van der Waals surface area (Å²) < 4.78 is 14.3. The number of thiophene rings is 1. The fourth-order valence-electron chi connectivity index (χ4n) is 6.19. The van der Waals surface area contributed by atoms with Gasteiger partial charge in [-0.2, -0.15) is 0 Å². The van der Waals surface area contributed by atoms with E-state index >= 15 is 0 Å². The molecule has 0 atom stereocenters. The van der Waals surface area contributed by atoms with Gasteiger partial charge in [0.1, 0.15) is 5.82 Å². The third-order valence-electron chi connectivity index (χ3n) is 8.55. The standard InChI is InChI=1S/C39H36N2S/c1-23(2)31-21-28(27-13-8-7-9-14-27)22-32(24(3)4)37(31)41-35-18-11-10-17-34(35)40-39(41)30-16-12-15-29-33-19-25(5)26(6)20-36(33)42-38(29)30/h7-24H,1-6H3/i23D. The monoisotopic (exact) mass is 565 g/mol. The van der Waals surface area contributed by atoms with E-state index in [1.54, 1.807) is 0 Å². The van der Waals surface area contributed by atoms with Gasteiger partial charge < -0.3 is 0 Å². The molecule has 0 N–H and O–H groups in total. The summed E-state index contributed by atoms with van der Waals surface area (Å²) in [6.07, 6.45) is 0. The first kappa shape index (κ1) is 25.5. The molecule has 0 bridgehead atoms. The second-order valence-electron chi connectivity index (χ2n) is 12.0. The zero-order valence-electron chi connectivity index (χ0n) is 26.1. The van der Waals surface area contributed by atoms with Crippen molar-refractivity contribution in [3.05, 3.63) is 119 Å². The summed E-state index contributed by atoms with van der Waals surface area (Å²) in [4.78, 5) is 5.33. The average Bonchev–Trinajstić information content (AvgIpc) is 3.54. The van der Waals surface area contributed by atoms with Gasteiger partial charge in [-0.3, -0.25) is 4.57 Å². The van der Waals surface area contributed by atoms with Crippen LogP contribution in [0.25, 0.3) is 59.4 Å². The van der Waals surface area contributed by atoms with E-state index < -0.39 is 5.89 Å². The second-order valence-corrected chi connectivity index (χ2v) is 13.0. The van der Waals surface area contributed by atoms with Crippen LogP contribution in [-0.2, 0) is 0 Å². The molecule has 0 amide bonds. The molecular formula is C39H36N2S. The van der Waals surface area contributed by atoms with Crippen LogP contribution in [0.4, 0.5) is 0 Å². The van der Waals surface area contributed by atoms with Crippen LogP contribution in [0.2, 0.25) is 0 Å². The second kappa shape index (κ2) is 10.3. The largest absolute Gasteiger partial charge is 0.292 e. The fourth-order valence-corrected chi connectivity index (χ4v) is 7.48. The minimum atomic E-state index is -0.842. The molecular weight excluding hydrogens is 529 g/mol. The third kappa shape index (κ3) is 4.26. The maximum Gasteiger partial charge on any atom is 0.147 e. The number of imidazole rings is 1. The number of aromatic nitrogens is 2. The van der Waals surface area contributed by atoms with Crippen LogP contribution in [0.5, 0.6) is 0 Å². The molecule has 7 aromatic rings. The number of hydrogen-bond acceptors (Lipinski definition) is 2. The Balaban J connectivity index is 1.61. The van der Waals surface area contributed by atoms with E-state index in [-0.39, 0.29) is 5.92 Å². The van der Waals surface area contributed by atoms with Crippen LogP contribution in [-0.4, -0.2) is 9.55 Å². The molecule has 5 aromatic carbocycles. The van der Waals surface area contributed by atoms with E-state index in [1.807, 2.05) is 25.2 Å². The first-order valence-corrected chi connectivity index (χ1v) is 15.6. The SMILES string of the molecule is [2H]C(C)(C)c1cc(-c2ccccc2)cc(C(C)C)c1-n1c(-c2cccc3c2sc2cc(C)c(C)cc23)nc2ccccc21. The quantitative estimate of drug-likeness (QED) is 0.203. The van der Waals surface area contributed by atoms with Gasteiger partial charge in [-0.1, -0.05) is 82.3 Å². The van der Waals surface area contributed by atoms with Crippen LogP contribution < -0.4 is 0 Å². The van der Waals surface area contributed by atoms with Crippen molar-refractivity contribution in [2.45, 2.75) is 53.4 Å². The molecule has 0 unspecified atom stereocenters. The Kier molecular flexibility index (Phi) is 6.23. The van der Waals surface area contributed by atoms with Crippen molar-refractivity contribution in [1.29, 1.82) is 0 Å². The Morgan fingerprint density at radius 2 is 1.43 bits per heavy atom. The van der Waals surface area contributed by atoms with Crippen molar-refractivity contribution in [2.24, 2.45) is 0 Å². The molecule has 7 rings (SSSR count). The average molecular weight is 566 g/mol. The minimum absolute atomic E-state index is 0.236. The highest BCUT2D eigenvalue weighted by Gasteiger charge is 2.25. The van der Waals surface area contributed by atoms with Crippen molar-refractivity contribution < 1.29 is 1.37 Å². The summed E-state index contributed by atoms with van der Waals surface area (Å²) >= 11 is 1.85. The van der Waals surface area contributed by atoms with Crippen molar-refractivity contribution in [2.75, 3.05) is 0 Å². The van der Waals surface area contributed by atoms with E-state index in [2.05, 4.69) is 129 Å². The highest BCUT2D eigenvalue weighted by molar-refractivity contribution is 7.26. The first-order chi connectivity index (χ1) is 20.6. The van der Waals surface area contributed by atoms with Gasteiger partial charge in [-0.05, 0) is 102 Å². The van der Waals surface area contributed by atoms with Crippen molar-refractivity contribution >= 4 is 42.5 Å². The highest BCUT2D eigenvalue weighted by Crippen LogP contribution is 2.44. The van der Waals surface area contributed by atoms with Gasteiger partial charge in [0.15, 0.2) is 0 Å². The van der Waals surface area contributed by atoms with Gasteiger partial charge in [0.2, 0.25) is 0 Å². The lowest BCUT2D eigenvalue weighted by Gasteiger charge is -2.24. The maximum atomic E-state index is 9.41. The van der Waals surface area contributed by atoms with Gasteiger partial charge in [-0.15, -0.1) is 11.3 Å². The Hall–Kier alpha value is -4.21. The molecule has 0 saturated carbocycles. The molecule has 0 aliphatic carbocycles. The molecule has 3 heteroatoms. The number of aryl methyl sites for hydroxylation is 2. The fraction of sp³-hybridized carbons (Fsp3) is 0.205. The lowest BCUT2D eigenvalue weighted by atomic mass is 9.88. The molecule has 2 aromatic heterocycles. The van der Waals surface area contributed by atoms with Crippen LogP contribution >= 0.6 is 11.3 Å². The van der Waals surface area contributed by atoms with Crippen LogP contribution in [0.3, 0.4) is 0 Å². The van der Waals surface area contributed by atoms with E-state index in [0.29, 0.717) is 0 Å². The number of fused-ring (bicyclic) bond motifs is 4. The number of para-hydroxylation sites is 2. The van der Waals surface area contributed by atoms with Gasteiger partial charge in [0.05, 0.1) is 16.7 Å². The predicted molar refractivity (Wildman–Crippen MR) is 182 cm³/mol. The zero-order chi connectivity index (χ0) is 30.0. The highest BCUT2D eigenvalue weighted by atomic mass is 32.1. The molecule has 42 heavy (non-hydrogen) atoms. The van der Waals surface area contributed by atoms with Gasteiger partial charge in [0, 0.05) is 27.1 Å². The van der Waals surface area contributed by atoms with E-state index in [1.165, 1.54) is 36.9 Å². The summed E-state index contributed by atoms with van der Waals surface area (Å²) in [6, 6.07) is 34.8. The Labute approximate surface area is 253 Å².